The molecule has 1 aromatic carbocycles. The SMILES string of the molecule is CCC(C)Oc1cc(OC(C)C)cc(C(=O)Nc2ncc(C(=O)O)s2)c1. The van der Waals surface area contributed by atoms with E-state index in [0.717, 1.165) is 17.8 Å². The van der Waals surface area contributed by atoms with Crippen LogP contribution in [0.4, 0.5) is 5.13 Å². The Balaban J connectivity index is 2.25. The molecular formula is C18H22N2O5S. The molecule has 1 aromatic heterocycles. The molecule has 0 bridgehead atoms. The topological polar surface area (TPSA) is 97.8 Å². The molecule has 1 amide bonds. The lowest BCUT2D eigenvalue weighted by Crippen LogP contribution is -2.15. The second kappa shape index (κ2) is 8.66. The van der Waals surface area contributed by atoms with Gasteiger partial charge in [0.15, 0.2) is 5.13 Å². The van der Waals surface area contributed by atoms with Crippen molar-refractivity contribution >= 4 is 28.3 Å². The number of hydrogen-bond donors (Lipinski definition) is 2. The molecule has 2 rings (SSSR count). The van der Waals surface area contributed by atoms with Gasteiger partial charge in [-0.1, -0.05) is 18.3 Å². The Kier molecular flexibility index (Phi) is 6.57. The van der Waals surface area contributed by atoms with Crippen LogP contribution >= 0.6 is 11.3 Å². The molecule has 1 unspecified atom stereocenters. The maximum atomic E-state index is 12.5. The van der Waals surface area contributed by atoms with E-state index in [2.05, 4.69) is 10.3 Å². The van der Waals surface area contributed by atoms with Gasteiger partial charge in [0.25, 0.3) is 5.91 Å². The number of aromatic carboxylic acids is 1. The molecule has 0 spiro atoms. The Morgan fingerprint density at radius 3 is 2.38 bits per heavy atom. The maximum absolute atomic E-state index is 12.5. The molecule has 0 aliphatic heterocycles. The van der Waals surface area contributed by atoms with E-state index in [-0.39, 0.29) is 22.2 Å². The van der Waals surface area contributed by atoms with Gasteiger partial charge >= 0.3 is 5.97 Å². The summed E-state index contributed by atoms with van der Waals surface area (Å²) in [5.41, 5.74) is 0.341. The molecule has 0 saturated heterocycles. The van der Waals surface area contributed by atoms with Gasteiger partial charge in [-0.15, -0.1) is 0 Å². The number of ether oxygens (including phenoxy) is 2. The van der Waals surface area contributed by atoms with Gasteiger partial charge in [-0.3, -0.25) is 10.1 Å². The maximum Gasteiger partial charge on any atom is 0.347 e. The second-order valence-corrected chi connectivity index (χ2v) is 7.02. The summed E-state index contributed by atoms with van der Waals surface area (Å²) in [5, 5.41) is 11.8. The predicted octanol–water partition coefficient (Wildman–Crippen LogP) is 4.06. The summed E-state index contributed by atoms with van der Waals surface area (Å²) >= 11 is 0.892. The number of rotatable bonds is 8. The Morgan fingerprint density at radius 1 is 1.19 bits per heavy atom. The van der Waals surface area contributed by atoms with E-state index in [1.165, 1.54) is 6.20 Å². The number of carboxylic acids is 1. The van der Waals surface area contributed by atoms with E-state index in [1.807, 2.05) is 27.7 Å². The highest BCUT2D eigenvalue weighted by Gasteiger charge is 2.15. The highest BCUT2D eigenvalue weighted by atomic mass is 32.1. The number of thiazole rings is 1. The summed E-state index contributed by atoms with van der Waals surface area (Å²) in [5.74, 6) is -0.441. The van der Waals surface area contributed by atoms with Crippen LogP contribution in [-0.4, -0.2) is 34.2 Å². The van der Waals surface area contributed by atoms with E-state index >= 15 is 0 Å². The minimum Gasteiger partial charge on any atom is -0.491 e. The van der Waals surface area contributed by atoms with Crippen molar-refractivity contribution in [2.24, 2.45) is 0 Å². The first-order valence-electron chi connectivity index (χ1n) is 8.27. The normalized spacial score (nSPS) is 11.9. The average molecular weight is 378 g/mol. The minimum absolute atomic E-state index is 0.00250. The Morgan fingerprint density at radius 2 is 1.85 bits per heavy atom. The third kappa shape index (κ3) is 5.45. The van der Waals surface area contributed by atoms with Crippen LogP contribution in [0.15, 0.2) is 24.4 Å². The quantitative estimate of drug-likeness (QED) is 0.719. The van der Waals surface area contributed by atoms with E-state index in [0.29, 0.717) is 17.1 Å². The molecular weight excluding hydrogens is 356 g/mol. The highest BCUT2D eigenvalue weighted by Crippen LogP contribution is 2.26. The number of carboxylic acid groups (broad SMARTS) is 1. The van der Waals surface area contributed by atoms with E-state index in [9.17, 15) is 9.59 Å². The first kappa shape index (κ1) is 19.7. The van der Waals surface area contributed by atoms with Gasteiger partial charge in [0, 0.05) is 11.6 Å². The van der Waals surface area contributed by atoms with Gasteiger partial charge in [-0.2, -0.15) is 0 Å². The van der Waals surface area contributed by atoms with Crippen LogP contribution in [0.5, 0.6) is 11.5 Å². The molecule has 2 N–H and O–H groups in total. The zero-order chi connectivity index (χ0) is 19.3. The number of carbonyl (C=O) groups excluding carboxylic acids is 1. The van der Waals surface area contributed by atoms with Crippen LogP contribution in [0.3, 0.4) is 0 Å². The Labute approximate surface area is 156 Å². The second-order valence-electron chi connectivity index (χ2n) is 5.99. The van der Waals surface area contributed by atoms with Crippen molar-refractivity contribution in [3.63, 3.8) is 0 Å². The molecule has 0 radical (unpaired) electrons. The summed E-state index contributed by atoms with van der Waals surface area (Å²) in [4.78, 5) is 27.4. The molecule has 140 valence electrons. The number of nitrogens with one attached hydrogen (secondary N) is 1. The summed E-state index contributed by atoms with van der Waals surface area (Å²) < 4.78 is 11.5. The van der Waals surface area contributed by atoms with Crippen molar-refractivity contribution in [2.45, 2.75) is 46.3 Å². The van der Waals surface area contributed by atoms with Crippen LogP contribution in [-0.2, 0) is 0 Å². The molecule has 8 heteroatoms. The standard InChI is InChI=1S/C18H22N2O5S/c1-5-11(4)25-14-7-12(6-13(8-14)24-10(2)3)16(21)20-18-19-9-15(26-18)17(22)23/h6-11H,5H2,1-4H3,(H,22,23)(H,19,20,21). The fourth-order valence-corrected chi connectivity index (χ4v) is 2.68. The van der Waals surface area contributed by atoms with Crippen LogP contribution in [0.1, 0.15) is 54.1 Å². The molecule has 0 saturated carbocycles. The van der Waals surface area contributed by atoms with Crippen LogP contribution in [0, 0.1) is 0 Å². The van der Waals surface area contributed by atoms with Gasteiger partial charge in [-0.25, -0.2) is 9.78 Å². The molecule has 7 nitrogen and oxygen atoms in total. The fraction of sp³-hybridized carbons (Fsp3) is 0.389. The van der Waals surface area contributed by atoms with Gasteiger partial charge in [-0.05, 0) is 39.3 Å². The minimum atomic E-state index is -1.08. The largest absolute Gasteiger partial charge is 0.491 e. The molecule has 0 aliphatic carbocycles. The Bertz CT molecular complexity index is 788. The van der Waals surface area contributed by atoms with Gasteiger partial charge < -0.3 is 14.6 Å². The first-order chi connectivity index (χ1) is 12.3. The van der Waals surface area contributed by atoms with Crippen molar-refractivity contribution in [3.05, 3.63) is 34.8 Å². The van der Waals surface area contributed by atoms with Crippen molar-refractivity contribution in [1.82, 2.24) is 4.98 Å². The van der Waals surface area contributed by atoms with Gasteiger partial charge in [0.05, 0.1) is 18.4 Å². The Hall–Kier alpha value is -2.61. The molecule has 1 atom stereocenters. The molecule has 26 heavy (non-hydrogen) atoms. The molecule has 2 aromatic rings. The van der Waals surface area contributed by atoms with Crippen molar-refractivity contribution in [2.75, 3.05) is 5.32 Å². The van der Waals surface area contributed by atoms with Gasteiger partial charge in [0.1, 0.15) is 16.4 Å². The highest BCUT2D eigenvalue weighted by molar-refractivity contribution is 7.17. The van der Waals surface area contributed by atoms with Crippen molar-refractivity contribution in [1.29, 1.82) is 0 Å². The summed E-state index contributed by atoms with van der Waals surface area (Å²) in [6.07, 6.45) is 1.98. The fourth-order valence-electron chi connectivity index (χ4n) is 2.03. The van der Waals surface area contributed by atoms with E-state index in [4.69, 9.17) is 14.6 Å². The lowest BCUT2D eigenvalue weighted by Gasteiger charge is -2.16. The van der Waals surface area contributed by atoms with Crippen LogP contribution in [0.2, 0.25) is 0 Å². The molecule has 0 aliphatic rings. The predicted molar refractivity (Wildman–Crippen MR) is 99.6 cm³/mol. The summed E-state index contributed by atoms with van der Waals surface area (Å²) in [6, 6.07) is 4.99. The number of nitrogens with zero attached hydrogens (tertiary/aromatic N) is 1. The van der Waals surface area contributed by atoms with Crippen LogP contribution in [0.25, 0.3) is 0 Å². The lowest BCUT2D eigenvalue weighted by molar-refractivity contribution is 0.0701. The zero-order valence-electron chi connectivity index (χ0n) is 15.1. The third-order valence-corrected chi connectivity index (χ3v) is 4.26. The number of amides is 1. The lowest BCUT2D eigenvalue weighted by atomic mass is 10.2. The number of hydrogen-bond acceptors (Lipinski definition) is 6. The number of carbonyl (C=O) groups is 2. The van der Waals surface area contributed by atoms with Crippen LogP contribution < -0.4 is 14.8 Å². The monoisotopic (exact) mass is 378 g/mol. The average Bonchev–Trinajstić information content (AvgIpc) is 3.02. The smallest absolute Gasteiger partial charge is 0.347 e. The third-order valence-electron chi connectivity index (χ3n) is 3.36. The summed E-state index contributed by atoms with van der Waals surface area (Å²) in [7, 11) is 0. The zero-order valence-corrected chi connectivity index (χ0v) is 15.9. The van der Waals surface area contributed by atoms with E-state index in [1.54, 1.807) is 18.2 Å². The molecule has 1 heterocycles. The summed E-state index contributed by atoms with van der Waals surface area (Å²) in [6.45, 7) is 7.74. The number of benzene rings is 1. The first-order valence-corrected chi connectivity index (χ1v) is 9.09. The van der Waals surface area contributed by atoms with Crippen molar-refractivity contribution in [3.8, 4) is 11.5 Å². The van der Waals surface area contributed by atoms with Crippen molar-refractivity contribution < 1.29 is 24.2 Å². The van der Waals surface area contributed by atoms with Gasteiger partial charge in [0.2, 0.25) is 0 Å². The number of aromatic nitrogens is 1. The van der Waals surface area contributed by atoms with E-state index < -0.39 is 11.9 Å². The number of anilines is 1. The molecule has 0 fully saturated rings.